The first kappa shape index (κ1) is 11.4. The molecule has 2 atom stereocenters. The molecule has 7 heteroatoms. The summed E-state index contributed by atoms with van der Waals surface area (Å²) in [6.07, 6.45) is 2.86. The normalized spacial score (nSPS) is 26.2. The van der Waals surface area contributed by atoms with E-state index in [4.69, 9.17) is 5.21 Å². The van der Waals surface area contributed by atoms with E-state index in [-0.39, 0.29) is 5.56 Å². The molecule has 3 rings (SSSR count). The maximum atomic E-state index is 11.1. The Morgan fingerprint density at radius 1 is 1.33 bits per heavy atom. The SMILES string of the molecule is O=C(NO)c1cnc(N2CC3CNCC3C2)nc1. The highest BCUT2D eigenvalue weighted by molar-refractivity contribution is 5.92. The molecule has 3 heterocycles. The number of hydrogen-bond donors (Lipinski definition) is 3. The number of aromatic nitrogens is 2. The molecule has 0 saturated carbocycles. The Morgan fingerprint density at radius 3 is 2.50 bits per heavy atom. The number of rotatable bonds is 2. The molecule has 2 unspecified atom stereocenters. The van der Waals surface area contributed by atoms with Gasteiger partial charge in [0.2, 0.25) is 5.95 Å². The minimum Gasteiger partial charge on any atom is -0.340 e. The van der Waals surface area contributed by atoms with Gasteiger partial charge >= 0.3 is 0 Å². The van der Waals surface area contributed by atoms with Crippen LogP contribution in [0.3, 0.4) is 0 Å². The first-order chi connectivity index (χ1) is 8.78. The summed E-state index contributed by atoms with van der Waals surface area (Å²) >= 11 is 0. The maximum Gasteiger partial charge on any atom is 0.277 e. The van der Waals surface area contributed by atoms with Gasteiger partial charge in [0.15, 0.2) is 0 Å². The summed E-state index contributed by atoms with van der Waals surface area (Å²) in [5, 5.41) is 11.9. The summed E-state index contributed by atoms with van der Waals surface area (Å²) in [5.74, 6) is 1.41. The standard InChI is InChI=1S/C11H15N5O2/c17-10(15-18)7-3-13-11(14-4-7)16-5-8-1-12-2-9(8)6-16/h3-4,8-9,12,18H,1-2,5-6H2,(H,15,17). The van der Waals surface area contributed by atoms with E-state index < -0.39 is 5.91 Å². The van der Waals surface area contributed by atoms with Gasteiger partial charge in [-0.15, -0.1) is 0 Å². The molecule has 0 aromatic carbocycles. The van der Waals surface area contributed by atoms with Crippen LogP contribution >= 0.6 is 0 Å². The largest absolute Gasteiger partial charge is 0.340 e. The highest BCUT2D eigenvalue weighted by Gasteiger charge is 2.36. The summed E-state index contributed by atoms with van der Waals surface area (Å²) in [6.45, 7) is 4.05. The second-order valence-corrected chi connectivity index (χ2v) is 4.80. The molecule has 2 fully saturated rings. The second-order valence-electron chi connectivity index (χ2n) is 4.80. The van der Waals surface area contributed by atoms with Gasteiger partial charge in [0.25, 0.3) is 5.91 Å². The zero-order chi connectivity index (χ0) is 12.5. The zero-order valence-corrected chi connectivity index (χ0v) is 9.83. The van der Waals surface area contributed by atoms with Gasteiger partial charge < -0.3 is 10.2 Å². The van der Waals surface area contributed by atoms with Crippen molar-refractivity contribution in [1.82, 2.24) is 20.8 Å². The Kier molecular flexibility index (Phi) is 2.85. The number of fused-ring (bicyclic) bond motifs is 1. The van der Waals surface area contributed by atoms with E-state index in [1.165, 1.54) is 12.4 Å². The molecule has 0 bridgehead atoms. The Bertz CT molecular complexity index is 437. The average Bonchev–Trinajstić information content (AvgIpc) is 2.99. The van der Waals surface area contributed by atoms with Gasteiger partial charge in [-0.3, -0.25) is 10.0 Å². The van der Waals surface area contributed by atoms with E-state index in [1.54, 1.807) is 5.48 Å². The van der Waals surface area contributed by atoms with Crippen LogP contribution in [-0.2, 0) is 0 Å². The van der Waals surface area contributed by atoms with Crippen molar-refractivity contribution in [1.29, 1.82) is 0 Å². The van der Waals surface area contributed by atoms with Crippen LogP contribution in [0.15, 0.2) is 12.4 Å². The molecule has 1 aromatic rings. The number of nitrogens with zero attached hydrogens (tertiary/aromatic N) is 3. The van der Waals surface area contributed by atoms with Crippen LogP contribution in [0.25, 0.3) is 0 Å². The van der Waals surface area contributed by atoms with Crippen molar-refractivity contribution >= 4 is 11.9 Å². The third-order valence-corrected chi connectivity index (χ3v) is 3.67. The van der Waals surface area contributed by atoms with Crippen LogP contribution < -0.4 is 15.7 Å². The van der Waals surface area contributed by atoms with Crippen molar-refractivity contribution in [3.05, 3.63) is 18.0 Å². The van der Waals surface area contributed by atoms with Crippen molar-refractivity contribution in [3.8, 4) is 0 Å². The summed E-state index contributed by atoms with van der Waals surface area (Å²) < 4.78 is 0. The van der Waals surface area contributed by atoms with Crippen molar-refractivity contribution in [2.45, 2.75) is 0 Å². The molecule has 0 radical (unpaired) electrons. The summed E-state index contributed by atoms with van der Waals surface area (Å²) in [4.78, 5) is 21.7. The molecule has 1 aromatic heterocycles. The fraction of sp³-hybridized carbons (Fsp3) is 0.545. The molecule has 7 nitrogen and oxygen atoms in total. The minimum absolute atomic E-state index is 0.252. The number of anilines is 1. The summed E-state index contributed by atoms with van der Waals surface area (Å²) in [6, 6.07) is 0. The van der Waals surface area contributed by atoms with Crippen molar-refractivity contribution in [2.24, 2.45) is 11.8 Å². The minimum atomic E-state index is -0.593. The predicted molar refractivity (Wildman–Crippen MR) is 63.3 cm³/mol. The Labute approximate surface area is 104 Å². The van der Waals surface area contributed by atoms with Gasteiger partial charge in [-0.2, -0.15) is 0 Å². The van der Waals surface area contributed by atoms with Crippen molar-refractivity contribution < 1.29 is 10.0 Å². The molecular formula is C11H15N5O2. The van der Waals surface area contributed by atoms with Crippen LogP contribution in [0.5, 0.6) is 0 Å². The number of carbonyl (C=O) groups is 1. The number of carbonyl (C=O) groups excluding carboxylic acids is 1. The van der Waals surface area contributed by atoms with Gasteiger partial charge in [0, 0.05) is 38.6 Å². The van der Waals surface area contributed by atoms with E-state index in [0.717, 1.165) is 26.2 Å². The number of nitrogens with one attached hydrogen (secondary N) is 2. The highest BCUT2D eigenvalue weighted by Crippen LogP contribution is 2.28. The molecular weight excluding hydrogens is 234 g/mol. The molecule has 2 aliphatic rings. The molecule has 1 amide bonds. The molecule has 0 aliphatic carbocycles. The Morgan fingerprint density at radius 2 is 1.94 bits per heavy atom. The lowest BCUT2D eigenvalue weighted by Gasteiger charge is -2.16. The van der Waals surface area contributed by atoms with Crippen LogP contribution in [0.1, 0.15) is 10.4 Å². The topological polar surface area (TPSA) is 90.4 Å². The fourth-order valence-electron chi connectivity index (χ4n) is 2.69. The molecule has 0 spiro atoms. The lowest BCUT2D eigenvalue weighted by Crippen LogP contribution is -2.27. The maximum absolute atomic E-state index is 11.1. The van der Waals surface area contributed by atoms with Crippen LogP contribution in [0.4, 0.5) is 5.95 Å². The first-order valence-electron chi connectivity index (χ1n) is 6.00. The molecule has 3 N–H and O–H groups in total. The second kappa shape index (κ2) is 4.51. The molecule has 96 valence electrons. The first-order valence-corrected chi connectivity index (χ1v) is 6.00. The lowest BCUT2D eigenvalue weighted by molar-refractivity contribution is 0.0705. The zero-order valence-electron chi connectivity index (χ0n) is 9.83. The molecule has 2 aliphatic heterocycles. The Balaban J connectivity index is 1.72. The molecule has 2 saturated heterocycles. The fourth-order valence-corrected chi connectivity index (χ4v) is 2.69. The van der Waals surface area contributed by atoms with E-state index in [2.05, 4.69) is 20.2 Å². The van der Waals surface area contributed by atoms with Crippen molar-refractivity contribution in [2.75, 3.05) is 31.1 Å². The highest BCUT2D eigenvalue weighted by atomic mass is 16.5. The number of hydroxylamine groups is 1. The third-order valence-electron chi connectivity index (χ3n) is 3.67. The smallest absolute Gasteiger partial charge is 0.277 e. The number of hydrogen-bond acceptors (Lipinski definition) is 6. The van der Waals surface area contributed by atoms with Gasteiger partial charge in [0.1, 0.15) is 0 Å². The molecule has 18 heavy (non-hydrogen) atoms. The Hall–Kier alpha value is -1.73. The lowest BCUT2D eigenvalue weighted by atomic mass is 10.0. The predicted octanol–water partition coefficient (Wildman–Crippen LogP) is -0.749. The van der Waals surface area contributed by atoms with E-state index >= 15 is 0 Å². The van der Waals surface area contributed by atoms with Gasteiger partial charge in [-0.25, -0.2) is 15.4 Å². The summed E-state index contributed by atoms with van der Waals surface area (Å²) in [5.41, 5.74) is 1.81. The van der Waals surface area contributed by atoms with Crippen molar-refractivity contribution in [3.63, 3.8) is 0 Å². The van der Waals surface area contributed by atoms with Crippen LogP contribution in [-0.4, -0.2) is 47.3 Å². The average molecular weight is 249 g/mol. The van der Waals surface area contributed by atoms with Gasteiger partial charge in [-0.1, -0.05) is 0 Å². The van der Waals surface area contributed by atoms with Gasteiger partial charge in [-0.05, 0) is 11.8 Å². The monoisotopic (exact) mass is 249 g/mol. The van der Waals surface area contributed by atoms with Crippen LogP contribution in [0, 0.1) is 11.8 Å². The number of amides is 1. The quantitative estimate of drug-likeness (QED) is 0.472. The summed E-state index contributed by atoms with van der Waals surface area (Å²) in [7, 11) is 0. The van der Waals surface area contributed by atoms with E-state index in [9.17, 15) is 4.79 Å². The van der Waals surface area contributed by atoms with Crippen LogP contribution in [0.2, 0.25) is 0 Å². The van der Waals surface area contributed by atoms with E-state index in [1.807, 2.05) is 0 Å². The third kappa shape index (κ3) is 1.91. The van der Waals surface area contributed by atoms with Gasteiger partial charge in [0.05, 0.1) is 5.56 Å². The van der Waals surface area contributed by atoms with E-state index in [0.29, 0.717) is 17.8 Å².